The van der Waals surface area contributed by atoms with E-state index >= 15 is 0 Å². The summed E-state index contributed by atoms with van der Waals surface area (Å²) in [5.41, 5.74) is 1.99. The highest BCUT2D eigenvalue weighted by atomic mass is 35.5. The van der Waals surface area contributed by atoms with Crippen molar-refractivity contribution < 1.29 is 4.74 Å². The summed E-state index contributed by atoms with van der Waals surface area (Å²) in [7, 11) is 1.66. The lowest BCUT2D eigenvalue weighted by Crippen LogP contribution is -2.36. The van der Waals surface area contributed by atoms with Gasteiger partial charge in [-0.2, -0.15) is 11.8 Å². The van der Waals surface area contributed by atoms with Crippen molar-refractivity contribution in [2.75, 3.05) is 26.0 Å². The molecule has 1 atom stereocenters. The third-order valence-corrected chi connectivity index (χ3v) is 5.23. The normalized spacial score (nSPS) is 19.9. The Morgan fingerprint density at radius 3 is 3.05 bits per heavy atom. The zero-order valence-electron chi connectivity index (χ0n) is 12.3. The van der Waals surface area contributed by atoms with Crippen LogP contribution in [0.1, 0.15) is 12.5 Å². The SMILES string of the molecule is COc1ccc2cc(CN3CCSC(C)C3)c(Cl)nc2c1. The van der Waals surface area contributed by atoms with Gasteiger partial charge >= 0.3 is 0 Å². The number of ether oxygens (including phenoxy) is 1. The van der Waals surface area contributed by atoms with E-state index in [9.17, 15) is 0 Å². The molecule has 0 radical (unpaired) electrons. The van der Waals surface area contributed by atoms with Crippen LogP contribution in [-0.2, 0) is 6.54 Å². The van der Waals surface area contributed by atoms with Gasteiger partial charge in [-0.1, -0.05) is 18.5 Å². The zero-order valence-corrected chi connectivity index (χ0v) is 13.9. The van der Waals surface area contributed by atoms with Crippen molar-refractivity contribution in [2.24, 2.45) is 0 Å². The van der Waals surface area contributed by atoms with Gasteiger partial charge in [0.15, 0.2) is 0 Å². The molecule has 0 amide bonds. The molecule has 1 unspecified atom stereocenters. The highest BCUT2D eigenvalue weighted by molar-refractivity contribution is 7.99. The van der Waals surface area contributed by atoms with Gasteiger partial charge in [0, 0.05) is 47.7 Å². The molecule has 0 N–H and O–H groups in total. The minimum atomic E-state index is 0.599. The summed E-state index contributed by atoms with van der Waals surface area (Å²) >= 11 is 8.41. The minimum absolute atomic E-state index is 0.599. The number of aromatic nitrogens is 1. The number of benzene rings is 1. The standard InChI is InChI=1S/C16H19ClN2OS/c1-11-9-19(5-6-21-11)10-13-7-12-3-4-14(20-2)8-15(12)18-16(13)17/h3-4,7-8,11H,5-6,9-10H2,1-2H3. The largest absolute Gasteiger partial charge is 0.497 e. The summed E-state index contributed by atoms with van der Waals surface area (Å²) in [6, 6.07) is 8.07. The first-order chi connectivity index (χ1) is 10.2. The number of pyridine rings is 1. The Hall–Kier alpha value is -0.970. The van der Waals surface area contributed by atoms with E-state index in [-0.39, 0.29) is 0 Å². The third kappa shape index (κ3) is 3.44. The van der Waals surface area contributed by atoms with E-state index in [0.717, 1.165) is 41.9 Å². The maximum Gasteiger partial charge on any atom is 0.134 e. The molecule has 1 fully saturated rings. The van der Waals surface area contributed by atoms with Crippen molar-refractivity contribution in [1.29, 1.82) is 0 Å². The van der Waals surface area contributed by atoms with E-state index in [4.69, 9.17) is 16.3 Å². The Morgan fingerprint density at radius 2 is 2.29 bits per heavy atom. The van der Waals surface area contributed by atoms with Gasteiger partial charge in [0.1, 0.15) is 10.9 Å². The number of halogens is 1. The van der Waals surface area contributed by atoms with Crippen LogP contribution in [0.4, 0.5) is 0 Å². The van der Waals surface area contributed by atoms with E-state index in [1.807, 2.05) is 30.0 Å². The van der Waals surface area contributed by atoms with E-state index in [2.05, 4.69) is 22.9 Å². The first-order valence-electron chi connectivity index (χ1n) is 7.13. The second kappa shape index (κ2) is 6.42. The Balaban J connectivity index is 1.86. The van der Waals surface area contributed by atoms with Crippen LogP contribution in [0.25, 0.3) is 10.9 Å². The smallest absolute Gasteiger partial charge is 0.134 e. The van der Waals surface area contributed by atoms with Crippen molar-refractivity contribution in [3.05, 3.63) is 35.0 Å². The number of hydrogen-bond donors (Lipinski definition) is 0. The molecule has 112 valence electrons. The lowest BCUT2D eigenvalue weighted by Gasteiger charge is -2.30. The molecule has 0 aliphatic carbocycles. The van der Waals surface area contributed by atoms with Crippen LogP contribution in [0.3, 0.4) is 0 Å². The Bertz CT molecular complexity index is 649. The second-order valence-electron chi connectivity index (χ2n) is 5.41. The molecular formula is C16H19ClN2OS. The maximum atomic E-state index is 6.37. The molecule has 0 saturated carbocycles. The molecule has 2 heterocycles. The molecule has 3 nitrogen and oxygen atoms in total. The molecule has 1 aliphatic heterocycles. The summed E-state index contributed by atoms with van der Waals surface area (Å²) in [4.78, 5) is 6.98. The van der Waals surface area contributed by atoms with Crippen molar-refractivity contribution in [2.45, 2.75) is 18.7 Å². The number of thioether (sulfide) groups is 1. The van der Waals surface area contributed by atoms with Crippen molar-refractivity contribution >= 4 is 34.3 Å². The minimum Gasteiger partial charge on any atom is -0.497 e. The molecular weight excluding hydrogens is 304 g/mol. The van der Waals surface area contributed by atoms with Gasteiger partial charge in [0.2, 0.25) is 0 Å². The van der Waals surface area contributed by atoms with Crippen LogP contribution in [0, 0.1) is 0 Å². The average Bonchev–Trinajstić information content (AvgIpc) is 2.47. The van der Waals surface area contributed by atoms with Crippen LogP contribution >= 0.6 is 23.4 Å². The molecule has 0 bridgehead atoms. The number of fused-ring (bicyclic) bond motifs is 1. The molecule has 1 aliphatic rings. The number of nitrogens with zero attached hydrogens (tertiary/aromatic N) is 2. The average molecular weight is 323 g/mol. The lowest BCUT2D eigenvalue weighted by molar-refractivity contribution is 0.278. The fourth-order valence-electron chi connectivity index (χ4n) is 2.68. The molecule has 5 heteroatoms. The first-order valence-corrected chi connectivity index (χ1v) is 8.55. The molecule has 2 aromatic rings. The van der Waals surface area contributed by atoms with Crippen molar-refractivity contribution in [3.63, 3.8) is 0 Å². The number of hydrogen-bond acceptors (Lipinski definition) is 4. The van der Waals surface area contributed by atoms with Crippen LogP contribution in [0.15, 0.2) is 24.3 Å². The molecule has 1 aromatic carbocycles. The molecule has 1 aromatic heterocycles. The van der Waals surface area contributed by atoms with Gasteiger partial charge in [0.05, 0.1) is 12.6 Å². The summed E-state index contributed by atoms with van der Waals surface area (Å²) in [6.07, 6.45) is 0. The van der Waals surface area contributed by atoms with Crippen LogP contribution < -0.4 is 4.74 Å². The summed E-state index contributed by atoms with van der Waals surface area (Å²) in [5.74, 6) is 2.00. The first kappa shape index (κ1) is 14.9. The Morgan fingerprint density at radius 1 is 1.43 bits per heavy atom. The molecule has 1 saturated heterocycles. The predicted molar refractivity (Wildman–Crippen MR) is 90.5 cm³/mol. The van der Waals surface area contributed by atoms with E-state index < -0.39 is 0 Å². The monoisotopic (exact) mass is 322 g/mol. The predicted octanol–water partition coefficient (Wildman–Crippen LogP) is 3.83. The fraction of sp³-hybridized carbons (Fsp3) is 0.438. The van der Waals surface area contributed by atoms with Crippen LogP contribution in [0.2, 0.25) is 5.15 Å². The summed E-state index contributed by atoms with van der Waals surface area (Å²) in [6.45, 7) is 5.38. The van der Waals surface area contributed by atoms with Gasteiger partial charge in [-0.15, -0.1) is 0 Å². The highest BCUT2D eigenvalue weighted by Crippen LogP contribution is 2.26. The summed E-state index contributed by atoms with van der Waals surface area (Å²) < 4.78 is 5.23. The highest BCUT2D eigenvalue weighted by Gasteiger charge is 2.18. The van der Waals surface area contributed by atoms with Gasteiger partial charge in [-0.25, -0.2) is 4.98 Å². The number of methoxy groups -OCH3 is 1. The Kier molecular flexibility index (Phi) is 4.57. The fourth-order valence-corrected chi connectivity index (χ4v) is 3.97. The van der Waals surface area contributed by atoms with Crippen molar-refractivity contribution in [1.82, 2.24) is 9.88 Å². The zero-order chi connectivity index (χ0) is 14.8. The summed E-state index contributed by atoms with van der Waals surface area (Å²) in [5, 5.41) is 2.39. The van der Waals surface area contributed by atoms with Gasteiger partial charge in [-0.3, -0.25) is 4.90 Å². The van der Waals surface area contributed by atoms with Crippen LogP contribution in [0.5, 0.6) is 5.75 Å². The van der Waals surface area contributed by atoms with Gasteiger partial charge in [-0.05, 0) is 18.2 Å². The maximum absolute atomic E-state index is 6.37. The topological polar surface area (TPSA) is 25.4 Å². The van der Waals surface area contributed by atoms with Crippen LogP contribution in [-0.4, -0.2) is 41.1 Å². The third-order valence-electron chi connectivity index (χ3n) is 3.77. The van der Waals surface area contributed by atoms with Crippen molar-refractivity contribution in [3.8, 4) is 5.75 Å². The molecule has 0 spiro atoms. The molecule has 3 rings (SSSR count). The van der Waals surface area contributed by atoms with Gasteiger partial charge < -0.3 is 4.74 Å². The number of rotatable bonds is 3. The quantitative estimate of drug-likeness (QED) is 0.802. The van der Waals surface area contributed by atoms with E-state index in [1.54, 1.807) is 7.11 Å². The van der Waals surface area contributed by atoms with Gasteiger partial charge in [0.25, 0.3) is 0 Å². The van der Waals surface area contributed by atoms with E-state index in [1.165, 1.54) is 5.75 Å². The lowest BCUT2D eigenvalue weighted by atomic mass is 10.1. The van der Waals surface area contributed by atoms with E-state index in [0.29, 0.717) is 10.4 Å². The second-order valence-corrected chi connectivity index (χ2v) is 7.32. The Labute approximate surface area is 134 Å². The molecule has 21 heavy (non-hydrogen) atoms.